The van der Waals surface area contributed by atoms with E-state index in [0.29, 0.717) is 17.6 Å². The van der Waals surface area contributed by atoms with Gasteiger partial charge >= 0.3 is 0 Å². The van der Waals surface area contributed by atoms with Crippen LogP contribution in [0, 0.1) is 11.8 Å². The molecule has 2 aliphatic heterocycles. The topological polar surface area (TPSA) is 52.7 Å². The summed E-state index contributed by atoms with van der Waals surface area (Å²) in [6.45, 7) is 6.59. The fourth-order valence-electron chi connectivity index (χ4n) is 5.10. The minimum atomic E-state index is -0.337. The van der Waals surface area contributed by atoms with Crippen molar-refractivity contribution in [2.75, 3.05) is 6.54 Å². The van der Waals surface area contributed by atoms with E-state index in [0.717, 1.165) is 24.0 Å². The molecule has 4 aliphatic rings. The maximum absolute atomic E-state index is 13.5. The lowest BCUT2D eigenvalue weighted by molar-refractivity contribution is -0.130. The molecule has 6 heteroatoms. The molecule has 5 nitrogen and oxygen atoms in total. The Morgan fingerprint density at radius 2 is 1.84 bits per heavy atom. The van der Waals surface area contributed by atoms with Gasteiger partial charge in [0.05, 0.1) is 18.0 Å². The second-order valence-electron chi connectivity index (χ2n) is 9.43. The summed E-state index contributed by atoms with van der Waals surface area (Å²) in [6, 6.07) is 9.55. The van der Waals surface area contributed by atoms with Gasteiger partial charge in [0, 0.05) is 6.54 Å². The Labute approximate surface area is 194 Å². The lowest BCUT2D eigenvalue weighted by Gasteiger charge is -2.34. The van der Waals surface area contributed by atoms with Crippen molar-refractivity contribution in [3.05, 3.63) is 70.8 Å². The zero-order valence-corrected chi connectivity index (χ0v) is 19.6. The normalized spacial score (nSPS) is 28.7. The van der Waals surface area contributed by atoms with Gasteiger partial charge in [0.15, 0.2) is 5.11 Å². The molecule has 0 radical (unpaired) electrons. The maximum atomic E-state index is 13.5. The Morgan fingerprint density at radius 3 is 2.53 bits per heavy atom. The van der Waals surface area contributed by atoms with E-state index in [4.69, 9.17) is 12.2 Å². The highest BCUT2D eigenvalue weighted by molar-refractivity contribution is 7.80. The average molecular weight is 448 g/mol. The SMILES string of the molecule is CC1=C(C)C2NC(=O)C(CN3C(=S)N([C@@H](C)c4ccccc4)C(=O)C3C3CC3)C=C2C=C1. The molecule has 5 rings (SSSR count). The van der Waals surface area contributed by atoms with Gasteiger partial charge in [-0.3, -0.25) is 14.5 Å². The lowest BCUT2D eigenvalue weighted by Crippen LogP contribution is -2.49. The number of nitrogens with one attached hydrogen (secondary N) is 1. The van der Waals surface area contributed by atoms with Crippen molar-refractivity contribution in [3.63, 3.8) is 0 Å². The molecule has 2 fully saturated rings. The van der Waals surface area contributed by atoms with Gasteiger partial charge in [-0.1, -0.05) is 48.6 Å². The van der Waals surface area contributed by atoms with Gasteiger partial charge in [0.2, 0.25) is 5.91 Å². The molecule has 2 aliphatic carbocycles. The minimum Gasteiger partial charge on any atom is -0.345 e. The number of thiocarbonyl (C=S) groups is 1. The van der Waals surface area contributed by atoms with E-state index in [1.807, 2.05) is 42.2 Å². The van der Waals surface area contributed by atoms with Gasteiger partial charge in [0.25, 0.3) is 5.91 Å². The first-order valence-corrected chi connectivity index (χ1v) is 11.8. The van der Waals surface area contributed by atoms with Crippen LogP contribution in [-0.2, 0) is 9.59 Å². The Hall–Kier alpha value is -2.73. The third-order valence-corrected chi connectivity index (χ3v) is 7.77. The number of nitrogens with zero attached hydrogens (tertiary/aromatic N) is 2. The molecule has 3 unspecified atom stereocenters. The van der Waals surface area contributed by atoms with E-state index in [1.165, 1.54) is 11.1 Å². The van der Waals surface area contributed by atoms with Crippen LogP contribution in [-0.4, -0.2) is 45.4 Å². The van der Waals surface area contributed by atoms with Crippen molar-refractivity contribution in [3.8, 4) is 0 Å². The van der Waals surface area contributed by atoms with Crippen molar-refractivity contribution in [1.82, 2.24) is 15.1 Å². The monoisotopic (exact) mass is 447 g/mol. The lowest BCUT2D eigenvalue weighted by atomic mass is 9.85. The molecule has 1 aromatic carbocycles. The molecule has 2 heterocycles. The summed E-state index contributed by atoms with van der Waals surface area (Å²) in [6.07, 6.45) is 8.34. The van der Waals surface area contributed by atoms with Crippen molar-refractivity contribution in [1.29, 1.82) is 0 Å². The largest absolute Gasteiger partial charge is 0.345 e. The smallest absolute Gasteiger partial charge is 0.252 e. The molecule has 1 saturated carbocycles. The Morgan fingerprint density at radius 1 is 1.12 bits per heavy atom. The highest BCUT2D eigenvalue weighted by Gasteiger charge is 2.52. The Bertz CT molecular complexity index is 1070. The summed E-state index contributed by atoms with van der Waals surface area (Å²) in [5, 5.41) is 3.73. The maximum Gasteiger partial charge on any atom is 0.252 e. The van der Waals surface area contributed by atoms with Gasteiger partial charge < -0.3 is 10.2 Å². The summed E-state index contributed by atoms with van der Waals surface area (Å²) >= 11 is 5.85. The number of hydrogen-bond acceptors (Lipinski definition) is 3. The third kappa shape index (κ3) is 3.51. The Balaban J connectivity index is 1.42. The van der Waals surface area contributed by atoms with Crippen LogP contribution in [0.25, 0.3) is 0 Å². The van der Waals surface area contributed by atoms with Gasteiger partial charge in [-0.15, -0.1) is 0 Å². The van der Waals surface area contributed by atoms with Crippen molar-refractivity contribution in [2.45, 2.75) is 51.7 Å². The number of fused-ring (bicyclic) bond motifs is 1. The number of carbonyl (C=O) groups excluding carboxylic acids is 2. The van der Waals surface area contributed by atoms with E-state index in [9.17, 15) is 9.59 Å². The number of carbonyl (C=O) groups is 2. The molecular formula is C26H29N3O2S. The van der Waals surface area contributed by atoms with Crippen LogP contribution in [0.4, 0.5) is 0 Å². The van der Waals surface area contributed by atoms with E-state index >= 15 is 0 Å². The molecule has 0 aromatic heterocycles. The molecule has 1 saturated heterocycles. The number of allylic oxidation sites excluding steroid dienone is 2. The second kappa shape index (κ2) is 8.00. The quantitative estimate of drug-likeness (QED) is 0.696. The molecule has 4 atom stereocenters. The molecule has 0 spiro atoms. The molecule has 1 aromatic rings. The van der Waals surface area contributed by atoms with Crippen LogP contribution in [0.5, 0.6) is 0 Å². The van der Waals surface area contributed by atoms with E-state index < -0.39 is 0 Å². The van der Waals surface area contributed by atoms with Crippen LogP contribution in [0.3, 0.4) is 0 Å². The van der Waals surface area contributed by atoms with E-state index in [-0.39, 0.29) is 35.9 Å². The molecule has 0 bridgehead atoms. The number of amides is 2. The number of hydrogen-bond donors (Lipinski definition) is 1. The van der Waals surface area contributed by atoms with Crippen LogP contribution in [0.1, 0.15) is 45.2 Å². The summed E-state index contributed by atoms with van der Waals surface area (Å²) < 4.78 is 0. The fourth-order valence-corrected chi connectivity index (χ4v) is 5.54. The van der Waals surface area contributed by atoms with Crippen molar-refractivity contribution < 1.29 is 9.59 Å². The molecular weight excluding hydrogens is 418 g/mol. The van der Waals surface area contributed by atoms with E-state index in [1.54, 1.807) is 4.90 Å². The van der Waals surface area contributed by atoms with Crippen molar-refractivity contribution >= 4 is 29.1 Å². The third-order valence-electron chi connectivity index (χ3n) is 7.34. The second-order valence-corrected chi connectivity index (χ2v) is 9.79. The summed E-state index contributed by atoms with van der Waals surface area (Å²) in [7, 11) is 0. The highest BCUT2D eigenvalue weighted by atomic mass is 32.1. The zero-order chi connectivity index (χ0) is 22.6. The first-order chi connectivity index (χ1) is 15.4. The summed E-state index contributed by atoms with van der Waals surface area (Å²) in [5.41, 5.74) is 4.55. The minimum absolute atomic E-state index is 0.000513. The zero-order valence-electron chi connectivity index (χ0n) is 18.7. The molecule has 1 N–H and O–H groups in total. The van der Waals surface area contributed by atoms with Crippen molar-refractivity contribution in [2.24, 2.45) is 11.8 Å². The summed E-state index contributed by atoms with van der Waals surface area (Å²) in [4.78, 5) is 30.3. The summed E-state index contributed by atoms with van der Waals surface area (Å²) in [5.74, 6) is 0.0575. The van der Waals surface area contributed by atoms with E-state index in [2.05, 4.69) is 37.4 Å². The van der Waals surface area contributed by atoms with Gasteiger partial charge in [-0.05, 0) is 74.0 Å². The molecule has 32 heavy (non-hydrogen) atoms. The predicted molar refractivity (Wildman–Crippen MR) is 129 cm³/mol. The first kappa shape index (κ1) is 21.1. The van der Waals surface area contributed by atoms with Crippen LogP contribution in [0.15, 0.2) is 65.3 Å². The van der Waals surface area contributed by atoms with Gasteiger partial charge in [-0.2, -0.15) is 0 Å². The number of rotatable bonds is 5. The highest BCUT2D eigenvalue weighted by Crippen LogP contribution is 2.42. The van der Waals surface area contributed by atoms with Crippen LogP contribution >= 0.6 is 12.2 Å². The molecule has 166 valence electrons. The first-order valence-electron chi connectivity index (χ1n) is 11.4. The van der Waals surface area contributed by atoms with Gasteiger partial charge in [-0.25, -0.2) is 0 Å². The van der Waals surface area contributed by atoms with Crippen LogP contribution in [0.2, 0.25) is 0 Å². The Kier molecular flexibility index (Phi) is 5.28. The average Bonchev–Trinajstić information content (AvgIpc) is 3.59. The standard InChI is InChI=1S/C26H29N3O2S/c1-15-9-10-20-13-21(24(30)27-22(20)16(15)2)14-28-23(19-11-12-19)25(31)29(26(28)32)17(3)18-7-5-4-6-8-18/h4-10,13,17,19,21-23H,11-12,14H2,1-3H3,(H,27,30)/t17-,21?,22?,23?/m0/s1. The fraction of sp³-hybridized carbons (Fsp3) is 0.423. The predicted octanol–water partition coefficient (Wildman–Crippen LogP) is 3.90. The van der Waals surface area contributed by atoms with Crippen LogP contribution < -0.4 is 5.32 Å². The van der Waals surface area contributed by atoms with Gasteiger partial charge in [0.1, 0.15) is 6.04 Å². The molecule has 2 amide bonds. The number of benzene rings is 1.